The minimum atomic E-state index is -0.188. The summed E-state index contributed by atoms with van der Waals surface area (Å²) in [5.74, 6) is -0.188. The fourth-order valence-electron chi connectivity index (χ4n) is 3.90. The second kappa shape index (κ2) is 8.87. The van der Waals surface area contributed by atoms with E-state index in [0.29, 0.717) is 5.11 Å². The third-order valence-corrected chi connectivity index (χ3v) is 5.62. The van der Waals surface area contributed by atoms with Gasteiger partial charge in [0.2, 0.25) is 5.91 Å². The third kappa shape index (κ3) is 4.30. The van der Waals surface area contributed by atoms with Gasteiger partial charge in [0.05, 0.1) is 11.7 Å². The second-order valence-corrected chi connectivity index (χ2v) is 7.96. The zero-order chi connectivity index (χ0) is 22.0. The van der Waals surface area contributed by atoms with E-state index < -0.39 is 0 Å². The van der Waals surface area contributed by atoms with Crippen LogP contribution in [0.25, 0.3) is 0 Å². The Hall–Kier alpha value is -3.23. The first-order valence-corrected chi connectivity index (χ1v) is 10.4. The number of aromatic amines is 1. The highest BCUT2D eigenvalue weighted by Gasteiger charge is 2.41. The minimum absolute atomic E-state index is 0.0152. The standard InChI is InChI=1S/C23H25N5O2S/c1-14-12-16(8-10-17(14)26-20(29)13-30-3)28-22(19-9-7-15(2)25-19)21(27-23(28)31)18-6-4-5-11-24-18/h4-12,21-22,25H,13H2,1-3H3,(H,26,29)(H,27,31)/t21-,22-/m1/s1. The largest absolute Gasteiger partial charge is 0.375 e. The minimum Gasteiger partial charge on any atom is -0.375 e. The van der Waals surface area contributed by atoms with Crippen molar-refractivity contribution >= 4 is 34.6 Å². The van der Waals surface area contributed by atoms with E-state index in [4.69, 9.17) is 17.0 Å². The van der Waals surface area contributed by atoms with Crippen molar-refractivity contribution in [2.45, 2.75) is 25.9 Å². The van der Waals surface area contributed by atoms with Crippen LogP contribution in [-0.4, -0.2) is 34.7 Å². The molecule has 160 valence electrons. The van der Waals surface area contributed by atoms with Gasteiger partial charge >= 0.3 is 0 Å². The van der Waals surface area contributed by atoms with Crippen LogP contribution in [0.15, 0.2) is 54.7 Å². The summed E-state index contributed by atoms with van der Waals surface area (Å²) >= 11 is 5.75. The van der Waals surface area contributed by atoms with Crippen LogP contribution in [-0.2, 0) is 9.53 Å². The molecule has 1 aromatic carbocycles. The molecule has 1 aliphatic rings. The Bertz CT molecular complexity index is 1100. The van der Waals surface area contributed by atoms with E-state index in [9.17, 15) is 4.79 Å². The normalized spacial score (nSPS) is 18.2. The molecule has 0 saturated carbocycles. The van der Waals surface area contributed by atoms with Crippen LogP contribution in [0.3, 0.4) is 0 Å². The van der Waals surface area contributed by atoms with Gasteiger partial charge in [-0.25, -0.2) is 0 Å². The number of nitrogens with one attached hydrogen (secondary N) is 3. The van der Waals surface area contributed by atoms with Crippen LogP contribution in [0.4, 0.5) is 11.4 Å². The number of aromatic nitrogens is 2. The number of pyridine rings is 1. The summed E-state index contributed by atoms with van der Waals surface area (Å²) in [7, 11) is 1.50. The zero-order valence-electron chi connectivity index (χ0n) is 17.7. The van der Waals surface area contributed by atoms with Crippen LogP contribution in [0.2, 0.25) is 0 Å². The molecule has 1 fully saturated rings. The monoisotopic (exact) mass is 435 g/mol. The highest BCUT2D eigenvalue weighted by Crippen LogP contribution is 2.41. The number of amides is 1. The van der Waals surface area contributed by atoms with E-state index in [-0.39, 0.29) is 24.6 Å². The fraction of sp³-hybridized carbons (Fsp3) is 0.261. The summed E-state index contributed by atoms with van der Waals surface area (Å²) < 4.78 is 4.90. The average Bonchev–Trinajstić information content (AvgIpc) is 3.33. The third-order valence-electron chi connectivity index (χ3n) is 5.31. The number of carbonyl (C=O) groups is 1. The van der Waals surface area contributed by atoms with Gasteiger partial charge < -0.3 is 25.3 Å². The number of hydrogen-bond donors (Lipinski definition) is 3. The van der Waals surface area contributed by atoms with Crippen molar-refractivity contribution in [3.8, 4) is 0 Å². The molecule has 2 aromatic heterocycles. The van der Waals surface area contributed by atoms with Gasteiger partial charge in [-0.05, 0) is 74.1 Å². The molecule has 1 aliphatic heterocycles. The number of nitrogens with zero attached hydrogens (tertiary/aromatic N) is 2. The van der Waals surface area contributed by atoms with Gasteiger partial charge in [0.15, 0.2) is 5.11 Å². The molecule has 8 heteroatoms. The fourth-order valence-corrected chi connectivity index (χ4v) is 4.25. The molecule has 0 aliphatic carbocycles. The smallest absolute Gasteiger partial charge is 0.250 e. The predicted octanol–water partition coefficient (Wildman–Crippen LogP) is 3.79. The van der Waals surface area contributed by atoms with Gasteiger partial charge in [0, 0.05) is 36.1 Å². The molecule has 1 amide bonds. The zero-order valence-corrected chi connectivity index (χ0v) is 18.5. The number of ether oxygens (including phenoxy) is 1. The van der Waals surface area contributed by atoms with Gasteiger partial charge in [-0.2, -0.15) is 0 Å². The van der Waals surface area contributed by atoms with E-state index >= 15 is 0 Å². The molecule has 2 atom stereocenters. The molecule has 31 heavy (non-hydrogen) atoms. The number of hydrogen-bond acceptors (Lipinski definition) is 4. The molecular formula is C23H25N5O2S. The predicted molar refractivity (Wildman–Crippen MR) is 125 cm³/mol. The van der Waals surface area contributed by atoms with E-state index in [1.54, 1.807) is 6.20 Å². The van der Waals surface area contributed by atoms with Crippen LogP contribution in [0.1, 0.15) is 34.7 Å². The summed E-state index contributed by atoms with van der Waals surface area (Å²) in [5.41, 5.74) is 5.68. The number of aryl methyl sites for hydroxylation is 2. The maximum Gasteiger partial charge on any atom is 0.250 e. The number of anilines is 2. The number of benzene rings is 1. The number of methoxy groups -OCH3 is 1. The van der Waals surface area contributed by atoms with Crippen molar-refractivity contribution in [3.05, 3.63) is 77.4 Å². The number of carbonyl (C=O) groups excluding carboxylic acids is 1. The van der Waals surface area contributed by atoms with Gasteiger partial charge in [0.25, 0.3) is 0 Å². The first-order chi connectivity index (χ1) is 15.0. The quantitative estimate of drug-likeness (QED) is 0.511. The van der Waals surface area contributed by atoms with E-state index in [1.165, 1.54) is 7.11 Å². The van der Waals surface area contributed by atoms with Gasteiger partial charge in [0.1, 0.15) is 12.6 Å². The summed E-state index contributed by atoms with van der Waals surface area (Å²) in [4.78, 5) is 22.0. The molecular weight excluding hydrogens is 410 g/mol. The Kier molecular flexibility index (Phi) is 6.01. The van der Waals surface area contributed by atoms with E-state index in [0.717, 1.165) is 34.0 Å². The Morgan fingerprint density at radius 2 is 2.06 bits per heavy atom. The highest BCUT2D eigenvalue weighted by molar-refractivity contribution is 7.80. The van der Waals surface area contributed by atoms with Gasteiger partial charge in [-0.3, -0.25) is 9.78 Å². The molecule has 4 rings (SSSR count). The van der Waals surface area contributed by atoms with Crippen molar-refractivity contribution in [1.29, 1.82) is 0 Å². The summed E-state index contributed by atoms with van der Waals surface area (Å²) in [6, 6.07) is 15.7. The van der Waals surface area contributed by atoms with Crippen molar-refractivity contribution in [2.24, 2.45) is 0 Å². The lowest BCUT2D eigenvalue weighted by Crippen LogP contribution is -2.29. The molecule has 3 aromatic rings. The maximum absolute atomic E-state index is 11.9. The summed E-state index contributed by atoms with van der Waals surface area (Å²) in [6.07, 6.45) is 1.79. The summed E-state index contributed by atoms with van der Waals surface area (Å²) in [5, 5.41) is 6.95. The maximum atomic E-state index is 11.9. The second-order valence-electron chi connectivity index (χ2n) is 7.57. The van der Waals surface area contributed by atoms with Gasteiger partial charge in [-0.15, -0.1) is 0 Å². The first kappa shape index (κ1) is 21.0. The molecule has 3 heterocycles. The molecule has 0 bridgehead atoms. The van der Waals surface area contributed by atoms with Crippen molar-refractivity contribution in [3.63, 3.8) is 0 Å². The highest BCUT2D eigenvalue weighted by atomic mass is 32.1. The molecule has 0 unspecified atom stereocenters. The molecule has 7 nitrogen and oxygen atoms in total. The van der Waals surface area contributed by atoms with Crippen molar-refractivity contribution < 1.29 is 9.53 Å². The van der Waals surface area contributed by atoms with E-state index in [2.05, 4.69) is 37.6 Å². The van der Waals surface area contributed by atoms with E-state index in [1.807, 2.05) is 50.2 Å². The van der Waals surface area contributed by atoms with Gasteiger partial charge in [-0.1, -0.05) is 6.07 Å². The lowest BCUT2D eigenvalue weighted by atomic mass is 10.0. The molecule has 1 saturated heterocycles. The molecule has 3 N–H and O–H groups in total. The number of rotatable bonds is 6. The Balaban J connectivity index is 1.71. The van der Waals surface area contributed by atoms with Crippen LogP contribution < -0.4 is 15.5 Å². The van der Waals surface area contributed by atoms with Crippen molar-refractivity contribution in [1.82, 2.24) is 15.3 Å². The lowest BCUT2D eigenvalue weighted by Gasteiger charge is -2.27. The Labute approximate surface area is 186 Å². The lowest BCUT2D eigenvalue weighted by molar-refractivity contribution is -0.119. The topological polar surface area (TPSA) is 82.3 Å². The number of thiocarbonyl (C=S) groups is 1. The number of H-pyrrole nitrogens is 1. The van der Waals surface area contributed by atoms with Crippen LogP contribution in [0, 0.1) is 13.8 Å². The van der Waals surface area contributed by atoms with Crippen LogP contribution in [0.5, 0.6) is 0 Å². The summed E-state index contributed by atoms with van der Waals surface area (Å²) in [6.45, 7) is 4.01. The Morgan fingerprint density at radius 3 is 2.71 bits per heavy atom. The van der Waals surface area contributed by atoms with Crippen molar-refractivity contribution in [2.75, 3.05) is 23.9 Å². The Morgan fingerprint density at radius 1 is 1.23 bits per heavy atom. The SMILES string of the molecule is COCC(=O)Nc1ccc(N2C(=S)N[C@H](c3ccccn3)[C@H]2c2ccc(C)[nH]2)cc1C. The first-order valence-electron chi connectivity index (χ1n) is 10.0. The molecule has 0 spiro atoms. The average molecular weight is 436 g/mol. The van der Waals surface area contributed by atoms with Crippen LogP contribution >= 0.6 is 12.2 Å². The molecule has 0 radical (unpaired) electrons.